The van der Waals surface area contributed by atoms with Gasteiger partial charge in [-0.05, 0) is 167 Å². The number of aliphatic carboxylic acids is 1. The monoisotopic (exact) mass is 1000 g/mol. The number of carboxylic acids is 2. The Morgan fingerprint density at radius 1 is 0.730 bits per heavy atom. The number of carbonyl (C=O) groups excluding carboxylic acids is 2. The molecule has 4 aromatic rings. The highest BCUT2D eigenvalue weighted by atomic mass is 16.5. The van der Waals surface area contributed by atoms with Crippen LogP contribution in [0.15, 0.2) is 78.9 Å². The highest BCUT2D eigenvalue weighted by Crippen LogP contribution is 2.52. The molecule has 11 nitrogen and oxygen atoms in total. The molecule has 2 aliphatic heterocycles. The molecule has 0 saturated carbocycles. The number of ketones is 1. The second-order valence-electron chi connectivity index (χ2n) is 23.9. The third kappa shape index (κ3) is 11.6. The molecular formula is C63H75N3O8. The van der Waals surface area contributed by atoms with E-state index in [0.29, 0.717) is 54.4 Å². The van der Waals surface area contributed by atoms with Gasteiger partial charge in [0.2, 0.25) is 0 Å². The number of esters is 1. The summed E-state index contributed by atoms with van der Waals surface area (Å²) < 4.78 is 6.38. The number of piperazine rings is 1. The first kappa shape index (κ1) is 53.8. The lowest BCUT2D eigenvalue weighted by atomic mass is 9.61. The Bertz CT molecular complexity index is 2970. The maximum atomic E-state index is 14.3. The van der Waals surface area contributed by atoms with Gasteiger partial charge in [-0.2, -0.15) is 0 Å². The van der Waals surface area contributed by atoms with Crippen molar-refractivity contribution < 1.29 is 39.2 Å². The molecule has 1 unspecified atom stereocenters. The molecule has 0 aromatic heterocycles. The number of ether oxygens (including phenoxy) is 1. The van der Waals surface area contributed by atoms with Gasteiger partial charge >= 0.3 is 17.9 Å². The normalized spacial score (nSPS) is 19.4. The third-order valence-electron chi connectivity index (χ3n) is 16.5. The second-order valence-corrected chi connectivity index (χ2v) is 23.9. The predicted octanol–water partition coefficient (Wildman–Crippen LogP) is 11.7. The minimum absolute atomic E-state index is 0.0257. The van der Waals surface area contributed by atoms with Crippen LogP contribution in [0.25, 0.3) is 11.6 Å². The van der Waals surface area contributed by atoms with E-state index in [2.05, 4.69) is 126 Å². The molecule has 8 rings (SSSR count). The number of hydrogen-bond donors (Lipinski definition) is 3. The lowest BCUT2D eigenvalue weighted by Crippen LogP contribution is -2.50. The lowest BCUT2D eigenvalue weighted by molar-refractivity contribution is -0.137. The van der Waals surface area contributed by atoms with E-state index in [9.17, 15) is 34.5 Å². The molecule has 0 bridgehead atoms. The van der Waals surface area contributed by atoms with E-state index in [1.54, 1.807) is 36.4 Å². The summed E-state index contributed by atoms with van der Waals surface area (Å²) in [5.41, 5.74) is 10.4. The number of fused-ring (bicyclic) bond motifs is 2. The first-order valence-electron chi connectivity index (χ1n) is 26.5. The largest absolute Gasteiger partial charge is 0.507 e. The summed E-state index contributed by atoms with van der Waals surface area (Å²) in [5.74, 6) is 3.04. The molecule has 2 heterocycles. The number of hydrogen-bond acceptors (Lipinski definition) is 9. The molecule has 0 amide bonds. The summed E-state index contributed by atoms with van der Waals surface area (Å²) in [4.78, 5) is 58.8. The first-order chi connectivity index (χ1) is 34.8. The van der Waals surface area contributed by atoms with Gasteiger partial charge in [-0.15, -0.1) is 0 Å². The van der Waals surface area contributed by atoms with E-state index in [1.807, 2.05) is 0 Å². The minimum Gasteiger partial charge on any atom is -0.507 e. The van der Waals surface area contributed by atoms with Crippen molar-refractivity contribution in [2.75, 3.05) is 50.7 Å². The number of nitrogens with zero attached hydrogens (tertiary/aromatic N) is 3. The summed E-state index contributed by atoms with van der Waals surface area (Å²) in [5, 5.41) is 29.4. The van der Waals surface area contributed by atoms with Crippen molar-refractivity contribution in [3.63, 3.8) is 0 Å². The third-order valence-corrected chi connectivity index (χ3v) is 16.5. The van der Waals surface area contributed by atoms with E-state index in [4.69, 9.17) is 4.74 Å². The van der Waals surface area contributed by atoms with Crippen LogP contribution in [0.1, 0.15) is 189 Å². The van der Waals surface area contributed by atoms with Gasteiger partial charge in [0.05, 0.1) is 12.0 Å². The zero-order valence-corrected chi connectivity index (χ0v) is 45.2. The van der Waals surface area contributed by atoms with Crippen molar-refractivity contribution in [2.24, 2.45) is 0 Å². The van der Waals surface area contributed by atoms with Crippen LogP contribution in [-0.2, 0) is 31.2 Å². The average molecular weight is 1000 g/mol. The molecule has 0 radical (unpaired) electrons. The molecule has 0 spiro atoms. The Labute approximate surface area is 438 Å². The van der Waals surface area contributed by atoms with Gasteiger partial charge in [0, 0.05) is 74.2 Å². The molecule has 74 heavy (non-hydrogen) atoms. The maximum absolute atomic E-state index is 14.3. The number of carboxylic acid groups (broad SMARTS) is 2. The Kier molecular flexibility index (Phi) is 15.3. The van der Waals surface area contributed by atoms with Crippen molar-refractivity contribution in [2.45, 2.75) is 142 Å². The summed E-state index contributed by atoms with van der Waals surface area (Å²) >= 11 is 0. The van der Waals surface area contributed by atoms with Crippen LogP contribution in [0.2, 0.25) is 0 Å². The number of carbonyl (C=O) groups is 4. The fourth-order valence-electron chi connectivity index (χ4n) is 11.6. The number of rotatable bonds is 13. The van der Waals surface area contributed by atoms with Crippen LogP contribution in [0.3, 0.4) is 0 Å². The van der Waals surface area contributed by atoms with Crippen LogP contribution in [0, 0.1) is 11.8 Å². The van der Waals surface area contributed by atoms with Crippen LogP contribution in [0.4, 0.5) is 5.69 Å². The van der Waals surface area contributed by atoms with Gasteiger partial charge in [-0.3, -0.25) is 19.4 Å². The molecule has 1 fully saturated rings. The van der Waals surface area contributed by atoms with Crippen LogP contribution < -0.4 is 4.90 Å². The van der Waals surface area contributed by atoms with E-state index >= 15 is 0 Å². The van der Waals surface area contributed by atoms with Crippen LogP contribution >= 0.6 is 0 Å². The van der Waals surface area contributed by atoms with E-state index in [-0.39, 0.29) is 39.4 Å². The number of benzene rings is 4. The topological polar surface area (TPSA) is 148 Å². The van der Waals surface area contributed by atoms with Crippen molar-refractivity contribution in [1.82, 2.24) is 9.80 Å². The summed E-state index contributed by atoms with van der Waals surface area (Å²) in [6.45, 7) is 28.3. The molecule has 4 aromatic carbocycles. The number of anilines is 1. The molecular weight excluding hydrogens is 927 g/mol. The van der Waals surface area contributed by atoms with E-state index < -0.39 is 29.8 Å². The molecule has 1 saturated heterocycles. The summed E-state index contributed by atoms with van der Waals surface area (Å²) in [6, 6.07) is 20.0. The maximum Gasteiger partial charge on any atom is 0.339 e. The Morgan fingerprint density at radius 3 is 1.96 bits per heavy atom. The van der Waals surface area contributed by atoms with Crippen molar-refractivity contribution in [1.29, 1.82) is 0 Å². The molecule has 390 valence electrons. The SMILES string of the molecule is CC(C)N1CCN(c2cc(C(=O)/C=C/c3ccc(C(=O)OC(C#Cc4ccc(C(=O)O)c(O)c4)c4cc(C5=CCN(CCC(=O)O)CC5)c5c(c4)C(C)(C)CCC5(C)C)cc3)cc3c2C(C)(C)CCC3(C)C)CC1. The average Bonchev–Trinajstić information content (AvgIpc) is 3.36. The number of aromatic carboxylic acids is 1. The minimum atomic E-state index is -1.26. The number of allylic oxidation sites excluding steroid dienone is 1. The molecule has 11 heteroatoms. The fourth-order valence-corrected chi connectivity index (χ4v) is 11.6. The van der Waals surface area contributed by atoms with Crippen LogP contribution in [0.5, 0.6) is 5.75 Å². The summed E-state index contributed by atoms with van der Waals surface area (Å²) in [6.07, 6.45) is 9.35. The summed E-state index contributed by atoms with van der Waals surface area (Å²) in [7, 11) is 0. The lowest BCUT2D eigenvalue weighted by Gasteiger charge is -2.46. The quantitative estimate of drug-likeness (QED) is 0.0509. The van der Waals surface area contributed by atoms with Gasteiger partial charge < -0.3 is 25.0 Å². The Morgan fingerprint density at radius 2 is 1.36 bits per heavy atom. The highest BCUT2D eigenvalue weighted by Gasteiger charge is 2.42. The Hall–Kier alpha value is -6.48. The molecule has 3 N–H and O–H groups in total. The second kappa shape index (κ2) is 21.0. The van der Waals surface area contributed by atoms with Crippen molar-refractivity contribution >= 4 is 41.0 Å². The van der Waals surface area contributed by atoms with Gasteiger partial charge in [0.25, 0.3) is 0 Å². The standard InChI is InChI=1S/C63H75N3O8/c1-40(2)65-31-33-66(34-32-65)51-39-45(37-50-57(51)63(9,10)27-25-61(50,5)6)52(67)19-14-41-11-16-44(17-12-41)59(73)74-54(20-15-42-13-18-47(58(71)72)53(68)35-42)46-36-48(43-21-28-64(29-22-43)30-23-55(69)70)56-49(38-46)60(3,4)24-26-62(56,7)8/h11-14,16-19,21,35-40,54,68H,22-34H2,1-10H3,(H,69,70)(H,71,72)/b19-14+. The van der Waals surface area contributed by atoms with Gasteiger partial charge in [0.15, 0.2) is 11.9 Å². The smallest absolute Gasteiger partial charge is 0.339 e. The number of phenols is 1. The van der Waals surface area contributed by atoms with Crippen LogP contribution in [-0.4, -0.2) is 101 Å². The predicted molar refractivity (Wildman–Crippen MR) is 294 cm³/mol. The van der Waals surface area contributed by atoms with Gasteiger partial charge in [-0.1, -0.05) is 91.7 Å². The molecule has 4 aliphatic rings. The first-order valence-corrected chi connectivity index (χ1v) is 26.5. The van der Waals surface area contributed by atoms with E-state index in [1.165, 1.54) is 40.6 Å². The Balaban J connectivity index is 1.10. The molecule has 2 aliphatic carbocycles. The fraction of sp³-hybridized carbons (Fsp3) is 0.460. The van der Waals surface area contributed by atoms with Gasteiger partial charge in [0.1, 0.15) is 11.3 Å². The van der Waals surface area contributed by atoms with E-state index in [0.717, 1.165) is 74.1 Å². The van der Waals surface area contributed by atoms with Gasteiger partial charge in [-0.25, -0.2) is 9.59 Å². The number of aromatic hydroxyl groups is 1. The highest BCUT2D eigenvalue weighted by molar-refractivity contribution is 6.08. The van der Waals surface area contributed by atoms with Crippen molar-refractivity contribution in [3.8, 4) is 17.6 Å². The van der Waals surface area contributed by atoms with Crippen molar-refractivity contribution in [3.05, 3.63) is 140 Å². The zero-order chi connectivity index (χ0) is 53.5. The zero-order valence-electron chi connectivity index (χ0n) is 45.2. The molecule has 1 atom stereocenters.